The zero-order chi connectivity index (χ0) is 20.4. The molecule has 0 aliphatic heterocycles. The highest BCUT2D eigenvalue weighted by molar-refractivity contribution is 9.10. The number of hydrogen-bond donors (Lipinski definition) is 2. The molecule has 0 atom stereocenters. The number of H-pyrrole nitrogens is 1. The largest absolute Gasteiger partial charge is 0.493 e. The molecule has 28 heavy (non-hydrogen) atoms. The molecule has 0 saturated heterocycles. The molecule has 5 nitrogen and oxygen atoms in total. The van der Waals surface area contributed by atoms with Crippen molar-refractivity contribution in [2.45, 2.75) is 20.3 Å². The lowest BCUT2D eigenvalue weighted by atomic mass is 10.0. The van der Waals surface area contributed by atoms with Crippen molar-refractivity contribution >= 4 is 32.7 Å². The first-order valence-electron chi connectivity index (χ1n) is 8.83. The maximum atomic E-state index is 14.1. The number of carbonyl (C=O) groups excluding carboxylic acids is 1. The monoisotopic (exact) mass is 448 g/mol. The van der Waals surface area contributed by atoms with Crippen LogP contribution in [0.25, 0.3) is 10.9 Å². The lowest BCUT2D eigenvalue weighted by Gasteiger charge is -2.12. The van der Waals surface area contributed by atoms with E-state index in [0.29, 0.717) is 40.0 Å². The van der Waals surface area contributed by atoms with E-state index in [2.05, 4.69) is 26.2 Å². The lowest BCUT2D eigenvalue weighted by molar-refractivity contribution is 0.0953. The Morgan fingerprint density at radius 2 is 1.86 bits per heavy atom. The third kappa shape index (κ3) is 3.71. The summed E-state index contributed by atoms with van der Waals surface area (Å²) in [5, 5.41) is 3.81. The number of rotatable bonds is 6. The second-order valence-corrected chi connectivity index (χ2v) is 7.39. The topological polar surface area (TPSA) is 63.3 Å². The molecule has 0 spiro atoms. The van der Waals surface area contributed by atoms with Crippen LogP contribution in [0.5, 0.6) is 11.5 Å². The highest BCUT2D eigenvalue weighted by Gasteiger charge is 2.17. The van der Waals surface area contributed by atoms with Crippen molar-refractivity contribution in [3.05, 3.63) is 56.9 Å². The van der Waals surface area contributed by atoms with Crippen LogP contribution in [0.4, 0.5) is 4.39 Å². The van der Waals surface area contributed by atoms with Crippen LogP contribution in [-0.2, 0) is 6.42 Å². The van der Waals surface area contributed by atoms with E-state index in [9.17, 15) is 9.18 Å². The predicted molar refractivity (Wildman–Crippen MR) is 111 cm³/mol. The normalized spacial score (nSPS) is 10.9. The fourth-order valence-electron chi connectivity index (χ4n) is 3.38. The van der Waals surface area contributed by atoms with Crippen LogP contribution >= 0.6 is 15.9 Å². The zero-order valence-electron chi connectivity index (χ0n) is 16.2. The molecule has 0 radical (unpaired) electrons. The Hall–Kier alpha value is -2.54. The van der Waals surface area contributed by atoms with Crippen molar-refractivity contribution in [3.8, 4) is 11.5 Å². The molecule has 0 bridgehead atoms. The van der Waals surface area contributed by atoms with Gasteiger partial charge in [0, 0.05) is 22.1 Å². The summed E-state index contributed by atoms with van der Waals surface area (Å²) in [5.74, 6) is 0.522. The van der Waals surface area contributed by atoms with Crippen molar-refractivity contribution < 1.29 is 18.7 Å². The second-order valence-electron chi connectivity index (χ2n) is 6.54. The van der Waals surface area contributed by atoms with Crippen molar-refractivity contribution in [3.63, 3.8) is 0 Å². The van der Waals surface area contributed by atoms with E-state index in [0.717, 1.165) is 22.2 Å². The van der Waals surface area contributed by atoms with Gasteiger partial charge in [-0.15, -0.1) is 0 Å². The number of aromatic nitrogens is 1. The minimum absolute atomic E-state index is 0.228. The summed E-state index contributed by atoms with van der Waals surface area (Å²) < 4.78 is 25.2. The van der Waals surface area contributed by atoms with Crippen LogP contribution in [0, 0.1) is 19.7 Å². The number of ether oxygens (including phenoxy) is 2. The molecule has 0 fully saturated rings. The molecule has 7 heteroatoms. The molecular formula is C21H22BrFN2O3. The molecule has 0 unspecified atom stereocenters. The van der Waals surface area contributed by atoms with E-state index >= 15 is 0 Å². The molecular weight excluding hydrogens is 427 g/mol. The minimum atomic E-state index is -0.270. The fourth-order valence-corrected chi connectivity index (χ4v) is 3.88. The molecule has 3 aromatic rings. The molecule has 0 aliphatic carbocycles. The number of aromatic amines is 1. The van der Waals surface area contributed by atoms with Gasteiger partial charge in [-0.3, -0.25) is 4.79 Å². The van der Waals surface area contributed by atoms with Crippen LogP contribution in [0.1, 0.15) is 27.2 Å². The Labute approximate surface area is 171 Å². The van der Waals surface area contributed by atoms with Gasteiger partial charge in [-0.05, 0) is 65.5 Å². The molecule has 0 aliphatic rings. The van der Waals surface area contributed by atoms with E-state index in [-0.39, 0.29) is 11.7 Å². The summed E-state index contributed by atoms with van der Waals surface area (Å²) in [5.41, 5.74) is 3.89. The van der Waals surface area contributed by atoms with Gasteiger partial charge in [0.1, 0.15) is 5.82 Å². The van der Waals surface area contributed by atoms with Gasteiger partial charge in [0.15, 0.2) is 11.5 Å². The van der Waals surface area contributed by atoms with Crippen LogP contribution in [0.15, 0.2) is 28.7 Å². The van der Waals surface area contributed by atoms with E-state index in [1.54, 1.807) is 25.3 Å². The quantitative estimate of drug-likeness (QED) is 0.575. The van der Waals surface area contributed by atoms with Gasteiger partial charge in [0.05, 0.1) is 25.3 Å². The average molecular weight is 449 g/mol. The van der Waals surface area contributed by atoms with Gasteiger partial charge in [-0.2, -0.15) is 0 Å². The van der Waals surface area contributed by atoms with E-state index in [4.69, 9.17) is 9.47 Å². The number of hydrogen-bond acceptors (Lipinski definition) is 3. The number of carbonyl (C=O) groups is 1. The van der Waals surface area contributed by atoms with Gasteiger partial charge in [-0.1, -0.05) is 6.07 Å². The Balaban J connectivity index is 1.78. The average Bonchev–Trinajstić information content (AvgIpc) is 3.02. The van der Waals surface area contributed by atoms with Gasteiger partial charge in [0.2, 0.25) is 0 Å². The van der Waals surface area contributed by atoms with Crippen molar-refractivity contribution in [1.29, 1.82) is 0 Å². The first-order valence-corrected chi connectivity index (χ1v) is 9.62. The maximum Gasteiger partial charge on any atom is 0.252 e. The molecule has 0 saturated carbocycles. The molecule has 3 rings (SSSR count). The summed E-state index contributed by atoms with van der Waals surface area (Å²) in [6, 6.07) is 6.57. The molecule has 1 heterocycles. The number of aryl methyl sites for hydroxylation is 2. The number of fused-ring (bicyclic) bond motifs is 1. The Morgan fingerprint density at radius 3 is 2.54 bits per heavy atom. The molecule has 2 aromatic carbocycles. The Morgan fingerprint density at radius 1 is 1.18 bits per heavy atom. The fraction of sp³-hybridized carbons (Fsp3) is 0.286. The number of amides is 1. The minimum Gasteiger partial charge on any atom is -0.493 e. The molecule has 1 aromatic heterocycles. The van der Waals surface area contributed by atoms with E-state index < -0.39 is 0 Å². The van der Waals surface area contributed by atoms with Gasteiger partial charge >= 0.3 is 0 Å². The molecule has 148 valence electrons. The molecule has 1 amide bonds. The second kappa shape index (κ2) is 8.22. The van der Waals surface area contributed by atoms with Crippen LogP contribution in [-0.4, -0.2) is 31.7 Å². The number of nitrogens with one attached hydrogen (secondary N) is 2. The van der Waals surface area contributed by atoms with Gasteiger partial charge < -0.3 is 19.8 Å². The third-order valence-corrected chi connectivity index (χ3v) is 5.46. The number of halogens is 2. The third-order valence-electron chi connectivity index (χ3n) is 4.81. The van der Waals surface area contributed by atoms with Crippen molar-refractivity contribution in [2.24, 2.45) is 0 Å². The summed E-state index contributed by atoms with van der Waals surface area (Å²) in [4.78, 5) is 15.7. The SMILES string of the molecule is COc1cc(Br)c(C(=O)NCCc2c(C)[nH]c3c(F)ccc(C)c23)cc1OC. The van der Waals surface area contributed by atoms with E-state index in [1.807, 2.05) is 13.8 Å². The highest BCUT2D eigenvalue weighted by atomic mass is 79.9. The summed E-state index contributed by atoms with van der Waals surface area (Å²) >= 11 is 3.40. The highest BCUT2D eigenvalue weighted by Crippen LogP contribution is 2.33. The van der Waals surface area contributed by atoms with Crippen LogP contribution in [0.2, 0.25) is 0 Å². The van der Waals surface area contributed by atoms with Crippen molar-refractivity contribution in [2.75, 3.05) is 20.8 Å². The molecule has 2 N–H and O–H groups in total. The zero-order valence-corrected chi connectivity index (χ0v) is 17.8. The predicted octanol–water partition coefficient (Wildman–Crippen LogP) is 4.68. The summed E-state index contributed by atoms with van der Waals surface area (Å²) in [6.07, 6.45) is 0.590. The van der Waals surface area contributed by atoms with Crippen LogP contribution < -0.4 is 14.8 Å². The first kappa shape index (κ1) is 20.2. The van der Waals surface area contributed by atoms with Crippen LogP contribution in [0.3, 0.4) is 0 Å². The van der Waals surface area contributed by atoms with Gasteiger partial charge in [-0.25, -0.2) is 4.39 Å². The Kier molecular flexibility index (Phi) is 5.93. The lowest BCUT2D eigenvalue weighted by Crippen LogP contribution is -2.26. The first-order chi connectivity index (χ1) is 13.4. The van der Waals surface area contributed by atoms with E-state index in [1.165, 1.54) is 13.2 Å². The van der Waals surface area contributed by atoms with Gasteiger partial charge in [0.25, 0.3) is 5.91 Å². The number of benzene rings is 2. The number of methoxy groups -OCH3 is 2. The summed E-state index contributed by atoms with van der Waals surface area (Å²) in [6.45, 7) is 4.29. The Bertz CT molecular complexity index is 1050. The standard InChI is InChI=1S/C21H22BrFN2O3/c1-11-5-6-16(23)20-19(11)13(12(2)25-20)7-8-24-21(26)14-9-17(27-3)18(28-4)10-15(14)22/h5-6,9-10,25H,7-8H2,1-4H3,(H,24,26). The smallest absolute Gasteiger partial charge is 0.252 e. The van der Waals surface area contributed by atoms with Crippen molar-refractivity contribution in [1.82, 2.24) is 10.3 Å². The summed E-state index contributed by atoms with van der Waals surface area (Å²) in [7, 11) is 3.06. The maximum absolute atomic E-state index is 14.1.